The third kappa shape index (κ3) is 10.2. The molecule has 0 aliphatic heterocycles. The molecular weight excluding hydrogens is 483 g/mol. The summed E-state index contributed by atoms with van der Waals surface area (Å²) in [6.07, 6.45) is 4.92. The molecule has 0 radical (unpaired) electrons. The monoisotopic (exact) mass is 518 g/mol. The van der Waals surface area contributed by atoms with Crippen LogP contribution in [0.25, 0.3) is 0 Å². The van der Waals surface area contributed by atoms with E-state index in [2.05, 4.69) is 20.9 Å². The van der Waals surface area contributed by atoms with Gasteiger partial charge in [-0.2, -0.15) is 0 Å². The number of guanidine groups is 1. The molecule has 164 valence electrons. The van der Waals surface area contributed by atoms with Gasteiger partial charge in [-0.05, 0) is 38.3 Å². The van der Waals surface area contributed by atoms with E-state index in [-0.39, 0.29) is 35.8 Å². The summed E-state index contributed by atoms with van der Waals surface area (Å²) in [4.78, 5) is 16.4. The maximum atomic E-state index is 11.8. The summed E-state index contributed by atoms with van der Waals surface area (Å²) >= 11 is 0. The zero-order chi connectivity index (χ0) is 20.0. The maximum Gasteiger partial charge on any atom is 0.223 e. The Morgan fingerprint density at radius 2 is 2.03 bits per heavy atom. The van der Waals surface area contributed by atoms with Crippen molar-refractivity contribution in [3.8, 4) is 5.75 Å². The van der Waals surface area contributed by atoms with Crippen molar-refractivity contribution in [2.45, 2.75) is 39.0 Å². The van der Waals surface area contributed by atoms with Crippen molar-refractivity contribution >= 4 is 41.5 Å². The smallest absolute Gasteiger partial charge is 0.223 e. The van der Waals surface area contributed by atoms with Gasteiger partial charge in [-0.25, -0.2) is 0 Å². The van der Waals surface area contributed by atoms with Gasteiger partial charge in [0.2, 0.25) is 5.91 Å². The first-order chi connectivity index (χ1) is 13.7. The minimum atomic E-state index is 0. The average molecular weight is 518 g/mol. The third-order valence-corrected chi connectivity index (χ3v) is 4.58. The standard InChI is InChI=1S/C21H34N4O3.HI/c1-3-22-21(24-13-6-12-23-20(26)17-8-4-9-17)25-18-10-5-11-19(16-18)28-15-7-14-27-2;/h5,10-11,16-17H,3-4,6-9,12-15H2,1-2H3,(H,23,26)(H2,22,24,25);1H. The van der Waals surface area contributed by atoms with E-state index >= 15 is 0 Å². The van der Waals surface area contributed by atoms with Gasteiger partial charge < -0.3 is 25.4 Å². The molecule has 1 aromatic rings. The van der Waals surface area contributed by atoms with Crippen molar-refractivity contribution in [3.05, 3.63) is 24.3 Å². The number of carbonyl (C=O) groups is 1. The van der Waals surface area contributed by atoms with Crippen molar-refractivity contribution in [1.29, 1.82) is 0 Å². The van der Waals surface area contributed by atoms with E-state index in [9.17, 15) is 4.79 Å². The Labute approximate surface area is 191 Å². The number of ether oxygens (including phenoxy) is 2. The summed E-state index contributed by atoms with van der Waals surface area (Å²) in [7, 11) is 1.69. The first-order valence-corrected chi connectivity index (χ1v) is 10.3. The van der Waals surface area contributed by atoms with E-state index in [0.717, 1.165) is 49.6 Å². The molecule has 0 spiro atoms. The third-order valence-electron chi connectivity index (χ3n) is 4.58. The Morgan fingerprint density at radius 1 is 1.21 bits per heavy atom. The Bertz CT molecular complexity index is 624. The fourth-order valence-corrected chi connectivity index (χ4v) is 2.80. The van der Waals surface area contributed by atoms with Crippen molar-refractivity contribution in [3.63, 3.8) is 0 Å². The Balaban J connectivity index is 0.00000420. The molecule has 1 saturated carbocycles. The van der Waals surface area contributed by atoms with Crippen LogP contribution in [0, 0.1) is 5.92 Å². The second-order valence-electron chi connectivity index (χ2n) is 6.88. The van der Waals surface area contributed by atoms with Crippen LogP contribution in [0.2, 0.25) is 0 Å². The minimum absolute atomic E-state index is 0. The van der Waals surface area contributed by atoms with Gasteiger partial charge in [-0.3, -0.25) is 9.79 Å². The molecule has 1 amide bonds. The van der Waals surface area contributed by atoms with Gasteiger partial charge in [0.15, 0.2) is 5.96 Å². The van der Waals surface area contributed by atoms with E-state index in [4.69, 9.17) is 9.47 Å². The number of methoxy groups -OCH3 is 1. The highest BCUT2D eigenvalue weighted by Gasteiger charge is 2.24. The van der Waals surface area contributed by atoms with Gasteiger partial charge >= 0.3 is 0 Å². The second kappa shape index (κ2) is 15.3. The molecule has 0 bridgehead atoms. The van der Waals surface area contributed by atoms with E-state index < -0.39 is 0 Å². The SMILES string of the molecule is CCNC(=NCCCNC(=O)C1CCC1)Nc1cccc(OCCCOC)c1.I. The number of aliphatic imine (C=N–C) groups is 1. The molecule has 1 aliphatic carbocycles. The molecule has 3 N–H and O–H groups in total. The zero-order valence-electron chi connectivity index (χ0n) is 17.5. The number of nitrogens with one attached hydrogen (secondary N) is 3. The predicted molar refractivity (Wildman–Crippen MR) is 128 cm³/mol. The molecule has 0 heterocycles. The molecule has 0 atom stereocenters. The number of carbonyl (C=O) groups excluding carboxylic acids is 1. The number of rotatable bonds is 12. The Hall–Kier alpha value is -1.55. The number of halogens is 1. The summed E-state index contributed by atoms with van der Waals surface area (Å²) in [5.41, 5.74) is 0.919. The van der Waals surface area contributed by atoms with Crippen molar-refractivity contribution in [2.24, 2.45) is 10.9 Å². The van der Waals surface area contributed by atoms with Gasteiger partial charge in [0.1, 0.15) is 5.75 Å². The van der Waals surface area contributed by atoms with Crippen LogP contribution in [0.3, 0.4) is 0 Å². The molecule has 2 rings (SSSR count). The molecule has 8 heteroatoms. The lowest BCUT2D eigenvalue weighted by Gasteiger charge is -2.23. The number of hydrogen-bond donors (Lipinski definition) is 3. The van der Waals surface area contributed by atoms with E-state index in [1.807, 2.05) is 31.2 Å². The molecule has 1 aromatic carbocycles. The number of nitrogens with zero attached hydrogens (tertiary/aromatic N) is 1. The highest BCUT2D eigenvalue weighted by atomic mass is 127. The Kier molecular flexibility index (Phi) is 13.5. The van der Waals surface area contributed by atoms with Crippen molar-refractivity contribution < 1.29 is 14.3 Å². The summed E-state index contributed by atoms with van der Waals surface area (Å²) < 4.78 is 10.8. The molecule has 1 aliphatic rings. The van der Waals surface area contributed by atoms with Crippen molar-refractivity contribution in [1.82, 2.24) is 10.6 Å². The van der Waals surface area contributed by atoms with Gasteiger partial charge in [-0.1, -0.05) is 12.5 Å². The number of amides is 1. The lowest BCUT2D eigenvalue weighted by Crippen LogP contribution is -2.35. The Morgan fingerprint density at radius 3 is 2.72 bits per heavy atom. The number of benzene rings is 1. The summed E-state index contributed by atoms with van der Waals surface area (Å²) in [6.45, 7) is 5.44. The second-order valence-corrected chi connectivity index (χ2v) is 6.88. The van der Waals surface area contributed by atoms with Crippen LogP contribution < -0.4 is 20.7 Å². The van der Waals surface area contributed by atoms with Crippen LogP contribution in [-0.4, -0.2) is 51.8 Å². The van der Waals surface area contributed by atoms with E-state index in [1.165, 1.54) is 6.42 Å². The van der Waals surface area contributed by atoms with Crippen molar-refractivity contribution in [2.75, 3.05) is 45.3 Å². The topological polar surface area (TPSA) is 84.0 Å². The molecule has 0 saturated heterocycles. The van der Waals surface area contributed by atoms with Crippen LogP contribution in [0.5, 0.6) is 5.75 Å². The maximum absolute atomic E-state index is 11.8. The van der Waals surface area contributed by atoms with Gasteiger partial charge in [0, 0.05) is 57.4 Å². The molecule has 29 heavy (non-hydrogen) atoms. The lowest BCUT2D eigenvalue weighted by atomic mass is 9.85. The fourth-order valence-electron chi connectivity index (χ4n) is 2.80. The van der Waals surface area contributed by atoms with E-state index in [1.54, 1.807) is 7.11 Å². The van der Waals surface area contributed by atoms with Gasteiger partial charge in [0.25, 0.3) is 0 Å². The quantitative estimate of drug-likeness (QED) is 0.171. The first-order valence-electron chi connectivity index (χ1n) is 10.3. The highest BCUT2D eigenvalue weighted by Crippen LogP contribution is 2.26. The molecule has 7 nitrogen and oxygen atoms in total. The van der Waals surface area contributed by atoms with Gasteiger partial charge in [-0.15, -0.1) is 24.0 Å². The molecule has 1 fully saturated rings. The molecular formula is C21H35IN4O3. The predicted octanol–water partition coefficient (Wildman–Crippen LogP) is 3.40. The molecule has 0 aromatic heterocycles. The molecule has 0 unspecified atom stereocenters. The van der Waals surface area contributed by atoms with Crippen LogP contribution in [0.1, 0.15) is 39.0 Å². The fraction of sp³-hybridized carbons (Fsp3) is 0.619. The van der Waals surface area contributed by atoms with Crippen LogP contribution in [-0.2, 0) is 9.53 Å². The van der Waals surface area contributed by atoms with Crippen LogP contribution in [0.15, 0.2) is 29.3 Å². The number of hydrogen-bond acceptors (Lipinski definition) is 4. The average Bonchev–Trinajstić information content (AvgIpc) is 2.64. The summed E-state index contributed by atoms with van der Waals surface area (Å²) in [6, 6.07) is 7.83. The van der Waals surface area contributed by atoms with Gasteiger partial charge in [0.05, 0.1) is 6.61 Å². The zero-order valence-corrected chi connectivity index (χ0v) is 19.9. The van der Waals surface area contributed by atoms with Crippen LogP contribution >= 0.6 is 24.0 Å². The largest absolute Gasteiger partial charge is 0.493 e. The van der Waals surface area contributed by atoms with E-state index in [0.29, 0.717) is 26.3 Å². The minimum Gasteiger partial charge on any atom is -0.493 e. The summed E-state index contributed by atoms with van der Waals surface area (Å²) in [5.74, 6) is 1.98. The first kappa shape index (κ1) is 25.5. The number of anilines is 1. The normalized spacial score (nSPS) is 13.8. The summed E-state index contributed by atoms with van der Waals surface area (Å²) in [5, 5.41) is 9.55. The van der Waals surface area contributed by atoms with Crippen LogP contribution in [0.4, 0.5) is 5.69 Å². The lowest BCUT2D eigenvalue weighted by molar-refractivity contribution is -0.127. The highest BCUT2D eigenvalue weighted by molar-refractivity contribution is 14.0.